The van der Waals surface area contributed by atoms with Gasteiger partial charge in [-0.05, 0) is 6.07 Å². The largest absolute Gasteiger partial charge is 0.493 e. The Morgan fingerprint density at radius 1 is 1.17 bits per heavy atom. The Balaban J connectivity index is 2.94. The van der Waals surface area contributed by atoms with Gasteiger partial charge in [-0.15, -0.1) is 11.8 Å². The van der Waals surface area contributed by atoms with Gasteiger partial charge in [0.2, 0.25) is 5.75 Å². The van der Waals surface area contributed by atoms with Crippen LogP contribution in [-0.4, -0.2) is 38.2 Å². The van der Waals surface area contributed by atoms with Crippen molar-refractivity contribution < 1.29 is 24.1 Å². The minimum absolute atomic E-state index is 0.0531. The number of thioether (sulfide) groups is 1. The lowest BCUT2D eigenvalue weighted by molar-refractivity contribution is -0.133. The van der Waals surface area contributed by atoms with Crippen molar-refractivity contribution in [1.82, 2.24) is 0 Å². The van der Waals surface area contributed by atoms with Crippen LogP contribution < -0.4 is 14.2 Å². The number of hydrogen-bond donors (Lipinski definition) is 1. The summed E-state index contributed by atoms with van der Waals surface area (Å²) in [6.07, 6.45) is 0. The molecule has 1 aromatic carbocycles. The summed E-state index contributed by atoms with van der Waals surface area (Å²) < 4.78 is 15.7. The van der Waals surface area contributed by atoms with E-state index in [9.17, 15) is 4.79 Å². The van der Waals surface area contributed by atoms with Crippen molar-refractivity contribution in [1.29, 1.82) is 0 Å². The number of benzene rings is 1. The van der Waals surface area contributed by atoms with Gasteiger partial charge in [-0.25, -0.2) is 0 Å². The van der Waals surface area contributed by atoms with Crippen LogP contribution in [0.5, 0.6) is 17.2 Å². The quantitative estimate of drug-likeness (QED) is 0.819. The van der Waals surface area contributed by atoms with Crippen LogP contribution in [0, 0.1) is 0 Å². The molecule has 0 aliphatic rings. The molecule has 0 saturated heterocycles. The first-order valence-corrected chi connectivity index (χ1v) is 6.36. The summed E-state index contributed by atoms with van der Waals surface area (Å²) in [5.41, 5.74) is 0.876. The number of carboxylic acid groups (broad SMARTS) is 1. The molecule has 1 rings (SSSR count). The molecule has 1 aromatic rings. The number of ether oxygens (including phenoxy) is 3. The average Bonchev–Trinajstić information content (AvgIpc) is 2.37. The van der Waals surface area contributed by atoms with Crippen LogP contribution in [0.25, 0.3) is 0 Å². The number of carbonyl (C=O) groups is 1. The van der Waals surface area contributed by atoms with E-state index in [1.807, 2.05) is 6.07 Å². The fourth-order valence-corrected chi connectivity index (χ4v) is 2.25. The van der Waals surface area contributed by atoms with Crippen molar-refractivity contribution in [3.8, 4) is 17.2 Å². The standard InChI is InChI=1S/C12H16O5S/c1-15-9-5-4-8(6-18-7-10(13)14)11(16-2)12(9)17-3/h4-5H,6-7H2,1-3H3,(H,13,14). The number of hydrogen-bond acceptors (Lipinski definition) is 5. The SMILES string of the molecule is COc1ccc(CSCC(=O)O)c(OC)c1OC. The first-order chi connectivity index (χ1) is 8.63. The molecule has 0 saturated carbocycles. The Morgan fingerprint density at radius 3 is 2.33 bits per heavy atom. The predicted octanol–water partition coefficient (Wildman–Crippen LogP) is 2.03. The Hall–Kier alpha value is -1.56. The molecule has 100 valence electrons. The molecule has 18 heavy (non-hydrogen) atoms. The van der Waals surface area contributed by atoms with Gasteiger partial charge in [-0.1, -0.05) is 6.07 Å². The number of methoxy groups -OCH3 is 3. The van der Waals surface area contributed by atoms with E-state index in [-0.39, 0.29) is 5.75 Å². The molecule has 0 unspecified atom stereocenters. The molecule has 5 nitrogen and oxygen atoms in total. The lowest BCUT2D eigenvalue weighted by Gasteiger charge is -2.15. The van der Waals surface area contributed by atoms with Crippen LogP contribution in [0.1, 0.15) is 5.56 Å². The van der Waals surface area contributed by atoms with Crippen LogP contribution in [0.3, 0.4) is 0 Å². The smallest absolute Gasteiger partial charge is 0.313 e. The second-order valence-corrected chi connectivity index (χ2v) is 4.37. The molecule has 0 fully saturated rings. The van der Waals surface area contributed by atoms with Crippen LogP contribution in [0.15, 0.2) is 12.1 Å². The predicted molar refractivity (Wildman–Crippen MR) is 69.9 cm³/mol. The molecule has 0 aliphatic heterocycles. The summed E-state index contributed by atoms with van der Waals surface area (Å²) >= 11 is 1.30. The first kappa shape index (κ1) is 14.5. The number of rotatable bonds is 7. The molecular weight excluding hydrogens is 256 g/mol. The monoisotopic (exact) mass is 272 g/mol. The number of carboxylic acids is 1. The molecule has 0 aromatic heterocycles. The van der Waals surface area contributed by atoms with Gasteiger partial charge in [0.1, 0.15) is 0 Å². The molecule has 0 amide bonds. The Kier molecular flexibility index (Phi) is 5.64. The van der Waals surface area contributed by atoms with E-state index in [4.69, 9.17) is 19.3 Å². The maximum absolute atomic E-state index is 10.5. The highest BCUT2D eigenvalue weighted by atomic mass is 32.2. The van der Waals surface area contributed by atoms with Gasteiger partial charge in [0.25, 0.3) is 0 Å². The Labute approximate surface area is 110 Å². The van der Waals surface area contributed by atoms with Gasteiger partial charge in [-0.3, -0.25) is 4.79 Å². The van der Waals surface area contributed by atoms with Gasteiger partial charge in [-0.2, -0.15) is 0 Å². The lowest BCUT2D eigenvalue weighted by Crippen LogP contribution is -2.01. The van der Waals surface area contributed by atoms with E-state index >= 15 is 0 Å². The fourth-order valence-electron chi connectivity index (χ4n) is 1.53. The fraction of sp³-hybridized carbons (Fsp3) is 0.417. The molecule has 6 heteroatoms. The normalized spacial score (nSPS) is 9.94. The topological polar surface area (TPSA) is 65.0 Å². The second kappa shape index (κ2) is 7.00. The van der Waals surface area contributed by atoms with E-state index in [1.165, 1.54) is 18.9 Å². The van der Waals surface area contributed by atoms with Crippen LogP contribution >= 0.6 is 11.8 Å². The van der Waals surface area contributed by atoms with E-state index in [0.29, 0.717) is 23.0 Å². The molecular formula is C12H16O5S. The Bertz CT molecular complexity index is 419. The van der Waals surface area contributed by atoms with E-state index in [0.717, 1.165) is 5.56 Å². The summed E-state index contributed by atoms with van der Waals surface area (Å²) in [6, 6.07) is 3.62. The maximum Gasteiger partial charge on any atom is 0.313 e. The van der Waals surface area contributed by atoms with Crippen LogP contribution in [-0.2, 0) is 10.5 Å². The summed E-state index contributed by atoms with van der Waals surface area (Å²) in [5.74, 6) is 1.44. The average molecular weight is 272 g/mol. The van der Waals surface area contributed by atoms with Gasteiger partial charge in [0.15, 0.2) is 11.5 Å². The highest BCUT2D eigenvalue weighted by Gasteiger charge is 2.15. The van der Waals surface area contributed by atoms with E-state index < -0.39 is 5.97 Å². The number of aliphatic carboxylic acids is 1. The molecule has 0 bridgehead atoms. The van der Waals surface area contributed by atoms with Crippen molar-refractivity contribution in [3.63, 3.8) is 0 Å². The zero-order valence-corrected chi connectivity index (χ0v) is 11.4. The van der Waals surface area contributed by atoms with E-state index in [1.54, 1.807) is 20.3 Å². The third kappa shape index (κ3) is 3.46. The van der Waals surface area contributed by atoms with Gasteiger partial charge in [0, 0.05) is 11.3 Å². The maximum atomic E-state index is 10.5. The highest BCUT2D eigenvalue weighted by Crippen LogP contribution is 2.40. The van der Waals surface area contributed by atoms with Gasteiger partial charge < -0.3 is 19.3 Å². The highest BCUT2D eigenvalue weighted by molar-refractivity contribution is 7.99. The molecule has 1 N–H and O–H groups in total. The van der Waals surface area contributed by atoms with Crippen molar-refractivity contribution >= 4 is 17.7 Å². The van der Waals surface area contributed by atoms with Gasteiger partial charge in [0.05, 0.1) is 27.1 Å². The molecule has 0 radical (unpaired) electrons. The van der Waals surface area contributed by atoms with E-state index in [2.05, 4.69) is 0 Å². The van der Waals surface area contributed by atoms with Crippen molar-refractivity contribution in [2.24, 2.45) is 0 Å². The summed E-state index contributed by atoms with van der Waals surface area (Å²) in [5, 5.41) is 8.60. The van der Waals surface area contributed by atoms with Crippen LogP contribution in [0.2, 0.25) is 0 Å². The summed E-state index contributed by atoms with van der Waals surface area (Å²) in [6.45, 7) is 0. The molecule has 0 spiro atoms. The van der Waals surface area contributed by atoms with Gasteiger partial charge >= 0.3 is 5.97 Å². The molecule has 0 heterocycles. The Morgan fingerprint density at radius 2 is 1.83 bits per heavy atom. The van der Waals surface area contributed by atoms with Crippen molar-refractivity contribution in [3.05, 3.63) is 17.7 Å². The minimum Gasteiger partial charge on any atom is -0.493 e. The van der Waals surface area contributed by atoms with Crippen LogP contribution in [0.4, 0.5) is 0 Å². The first-order valence-electron chi connectivity index (χ1n) is 5.21. The summed E-state index contributed by atoms with van der Waals surface area (Å²) in [7, 11) is 4.63. The summed E-state index contributed by atoms with van der Waals surface area (Å²) in [4.78, 5) is 10.5. The zero-order chi connectivity index (χ0) is 13.5. The zero-order valence-electron chi connectivity index (χ0n) is 10.6. The molecule has 0 aliphatic carbocycles. The third-order valence-electron chi connectivity index (χ3n) is 2.27. The molecule has 0 atom stereocenters. The third-order valence-corrected chi connectivity index (χ3v) is 3.24. The lowest BCUT2D eigenvalue weighted by atomic mass is 10.2. The van der Waals surface area contributed by atoms with Crippen molar-refractivity contribution in [2.75, 3.05) is 27.1 Å². The second-order valence-electron chi connectivity index (χ2n) is 3.38. The minimum atomic E-state index is -0.834. The van der Waals surface area contributed by atoms with Crippen molar-refractivity contribution in [2.45, 2.75) is 5.75 Å².